The van der Waals surface area contributed by atoms with Crippen LogP contribution < -0.4 is 0 Å². The molecule has 0 unspecified atom stereocenters. The predicted molar refractivity (Wildman–Crippen MR) is 58.4 cm³/mol. The minimum atomic E-state index is -1.08. The second-order valence-electron chi connectivity index (χ2n) is 4.20. The van der Waals surface area contributed by atoms with Gasteiger partial charge in [-0.05, 0) is 0 Å². The molecule has 98 valence electrons. The Morgan fingerprint density at radius 3 is 2.83 bits per heavy atom. The number of nitrogens with zero attached hydrogens (tertiary/aromatic N) is 4. The number of hydrogen-bond acceptors (Lipinski definition) is 5. The SMILES string of the molecule is O=C(O)[C@H]1C[C@@H](O)CN1C(=O)CCn1cncn1. The number of aromatic nitrogens is 3. The minimum absolute atomic E-state index is 0.0765. The molecule has 2 rings (SSSR count). The van der Waals surface area contributed by atoms with Crippen LogP contribution in [0, 0.1) is 0 Å². The maximum absolute atomic E-state index is 11.9. The number of carboxylic acids is 1. The number of hydrogen-bond donors (Lipinski definition) is 2. The summed E-state index contributed by atoms with van der Waals surface area (Å²) in [5.74, 6) is -1.38. The highest BCUT2D eigenvalue weighted by molar-refractivity contribution is 5.84. The lowest BCUT2D eigenvalue weighted by Gasteiger charge is -2.20. The van der Waals surface area contributed by atoms with E-state index < -0.39 is 18.1 Å². The number of carbonyl (C=O) groups excluding carboxylic acids is 1. The van der Waals surface area contributed by atoms with Gasteiger partial charge in [-0.3, -0.25) is 9.48 Å². The summed E-state index contributed by atoms with van der Waals surface area (Å²) in [5.41, 5.74) is 0. The first-order valence-electron chi connectivity index (χ1n) is 5.60. The summed E-state index contributed by atoms with van der Waals surface area (Å²) in [6, 6.07) is -0.928. The molecule has 0 aromatic carbocycles. The third-order valence-electron chi connectivity index (χ3n) is 2.91. The molecule has 0 aliphatic carbocycles. The highest BCUT2D eigenvalue weighted by atomic mass is 16.4. The van der Waals surface area contributed by atoms with Crippen LogP contribution in [0.15, 0.2) is 12.7 Å². The van der Waals surface area contributed by atoms with Crippen LogP contribution in [-0.2, 0) is 16.1 Å². The lowest BCUT2D eigenvalue weighted by molar-refractivity contribution is -0.148. The summed E-state index contributed by atoms with van der Waals surface area (Å²) in [6.07, 6.45) is 2.32. The van der Waals surface area contributed by atoms with Crippen molar-refractivity contribution < 1.29 is 19.8 Å². The first kappa shape index (κ1) is 12.5. The topological polar surface area (TPSA) is 109 Å². The zero-order chi connectivity index (χ0) is 13.1. The Kier molecular flexibility index (Phi) is 3.56. The zero-order valence-corrected chi connectivity index (χ0v) is 9.64. The van der Waals surface area contributed by atoms with E-state index in [1.54, 1.807) is 0 Å². The van der Waals surface area contributed by atoms with Gasteiger partial charge in [0, 0.05) is 19.4 Å². The second-order valence-corrected chi connectivity index (χ2v) is 4.20. The zero-order valence-electron chi connectivity index (χ0n) is 9.64. The average Bonchev–Trinajstić information content (AvgIpc) is 2.94. The summed E-state index contributed by atoms with van der Waals surface area (Å²) >= 11 is 0. The molecule has 0 spiro atoms. The van der Waals surface area contributed by atoms with Crippen molar-refractivity contribution in [2.45, 2.75) is 31.5 Å². The molecule has 1 aliphatic rings. The van der Waals surface area contributed by atoms with E-state index in [4.69, 9.17) is 5.11 Å². The fourth-order valence-electron chi connectivity index (χ4n) is 2.03. The molecule has 1 fully saturated rings. The van der Waals surface area contributed by atoms with E-state index in [1.165, 1.54) is 22.2 Å². The smallest absolute Gasteiger partial charge is 0.326 e. The Balaban J connectivity index is 1.93. The van der Waals surface area contributed by atoms with E-state index in [9.17, 15) is 14.7 Å². The molecule has 1 aromatic heterocycles. The van der Waals surface area contributed by atoms with Crippen LogP contribution in [0.1, 0.15) is 12.8 Å². The largest absolute Gasteiger partial charge is 0.480 e. The number of β-amino-alcohol motifs (C(OH)–C–C–N with tert-alkyl or cyclic N) is 1. The molecule has 2 heterocycles. The molecule has 1 saturated heterocycles. The van der Waals surface area contributed by atoms with Crippen molar-refractivity contribution in [2.24, 2.45) is 0 Å². The fourth-order valence-corrected chi connectivity index (χ4v) is 2.03. The van der Waals surface area contributed by atoms with Gasteiger partial charge in [0.2, 0.25) is 5.91 Å². The van der Waals surface area contributed by atoms with E-state index in [1.807, 2.05) is 0 Å². The third kappa shape index (κ3) is 2.65. The molecule has 2 atom stereocenters. The number of likely N-dealkylation sites (tertiary alicyclic amines) is 1. The van der Waals surface area contributed by atoms with Crippen molar-refractivity contribution in [1.82, 2.24) is 19.7 Å². The van der Waals surface area contributed by atoms with Crippen molar-refractivity contribution in [3.05, 3.63) is 12.7 Å². The first-order valence-corrected chi connectivity index (χ1v) is 5.60. The summed E-state index contributed by atoms with van der Waals surface area (Å²) in [5, 5.41) is 22.3. The average molecular weight is 254 g/mol. The molecule has 18 heavy (non-hydrogen) atoms. The van der Waals surface area contributed by atoms with Gasteiger partial charge in [-0.2, -0.15) is 5.10 Å². The monoisotopic (exact) mass is 254 g/mol. The van der Waals surface area contributed by atoms with Crippen molar-refractivity contribution >= 4 is 11.9 Å². The number of aliphatic hydroxyl groups excluding tert-OH is 1. The molecular formula is C10H14N4O4. The number of aliphatic carboxylic acids is 1. The Hall–Kier alpha value is -1.96. The van der Waals surface area contributed by atoms with Gasteiger partial charge in [0.1, 0.15) is 18.7 Å². The Bertz CT molecular complexity index is 433. The fraction of sp³-hybridized carbons (Fsp3) is 0.600. The van der Waals surface area contributed by atoms with Crippen LogP contribution in [0.5, 0.6) is 0 Å². The van der Waals surface area contributed by atoms with Gasteiger partial charge in [-0.15, -0.1) is 0 Å². The van der Waals surface area contributed by atoms with Crippen LogP contribution in [0.25, 0.3) is 0 Å². The summed E-state index contributed by atoms with van der Waals surface area (Å²) in [7, 11) is 0. The molecule has 0 bridgehead atoms. The molecule has 1 aliphatic heterocycles. The maximum atomic E-state index is 11.9. The molecule has 2 N–H and O–H groups in total. The van der Waals surface area contributed by atoms with E-state index in [0.717, 1.165) is 0 Å². The standard InChI is InChI=1S/C10H14N4O4/c15-7-3-8(10(17)18)14(4-7)9(16)1-2-13-6-11-5-12-13/h5-8,15H,1-4H2,(H,17,18)/t7-,8-/m1/s1. The van der Waals surface area contributed by atoms with Gasteiger partial charge >= 0.3 is 5.97 Å². The van der Waals surface area contributed by atoms with Crippen molar-refractivity contribution in [2.75, 3.05) is 6.54 Å². The lowest BCUT2D eigenvalue weighted by atomic mass is 10.2. The van der Waals surface area contributed by atoms with E-state index in [-0.39, 0.29) is 25.3 Å². The minimum Gasteiger partial charge on any atom is -0.480 e. The van der Waals surface area contributed by atoms with Crippen molar-refractivity contribution in [3.8, 4) is 0 Å². The third-order valence-corrected chi connectivity index (χ3v) is 2.91. The molecule has 8 nitrogen and oxygen atoms in total. The summed E-state index contributed by atoms with van der Waals surface area (Å²) < 4.78 is 1.50. The number of aryl methyl sites for hydroxylation is 1. The summed E-state index contributed by atoms with van der Waals surface area (Å²) in [6.45, 7) is 0.422. The van der Waals surface area contributed by atoms with Crippen LogP contribution in [0.2, 0.25) is 0 Å². The van der Waals surface area contributed by atoms with Gasteiger partial charge in [0.25, 0.3) is 0 Å². The van der Waals surface area contributed by atoms with Crippen molar-refractivity contribution in [3.63, 3.8) is 0 Å². The number of aliphatic hydroxyl groups is 1. The van der Waals surface area contributed by atoms with Gasteiger partial charge in [-0.25, -0.2) is 9.78 Å². The molecule has 1 amide bonds. The highest BCUT2D eigenvalue weighted by Crippen LogP contribution is 2.19. The molecule has 0 saturated carbocycles. The van der Waals surface area contributed by atoms with Gasteiger partial charge in [0.15, 0.2) is 0 Å². The first-order chi connectivity index (χ1) is 8.58. The maximum Gasteiger partial charge on any atom is 0.326 e. The lowest BCUT2D eigenvalue weighted by Crippen LogP contribution is -2.40. The van der Waals surface area contributed by atoms with E-state index >= 15 is 0 Å². The Labute approximate surface area is 103 Å². The molecular weight excluding hydrogens is 240 g/mol. The van der Waals surface area contributed by atoms with Crippen LogP contribution in [-0.4, -0.2) is 60.4 Å². The Morgan fingerprint density at radius 2 is 2.22 bits per heavy atom. The van der Waals surface area contributed by atoms with Crippen LogP contribution >= 0.6 is 0 Å². The summed E-state index contributed by atoms with van der Waals surface area (Å²) in [4.78, 5) is 27.8. The predicted octanol–water partition coefficient (Wildman–Crippen LogP) is -1.29. The number of carbonyl (C=O) groups is 2. The van der Waals surface area contributed by atoms with Crippen LogP contribution in [0.4, 0.5) is 0 Å². The van der Waals surface area contributed by atoms with Gasteiger partial charge in [0.05, 0.1) is 12.6 Å². The number of rotatable bonds is 4. The molecule has 1 aromatic rings. The molecule has 8 heteroatoms. The van der Waals surface area contributed by atoms with E-state index in [0.29, 0.717) is 6.54 Å². The van der Waals surface area contributed by atoms with Gasteiger partial charge in [-0.1, -0.05) is 0 Å². The quantitative estimate of drug-likeness (QED) is 0.692. The Morgan fingerprint density at radius 1 is 1.44 bits per heavy atom. The van der Waals surface area contributed by atoms with Gasteiger partial charge < -0.3 is 15.1 Å². The van der Waals surface area contributed by atoms with Crippen molar-refractivity contribution in [1.29, 1.82) is 0 Å². The van der Waals surface area contributed by atoms with E-state index in [2.05, 4.69) is 10.1 Å². The number of amides is 1. The normalized spacial score (nSPS) is 23.3. The van der Waals surface area contributed by atoms with Crippen LogP contribution in [0.3, 0.4) is 0 Å². The second kappa shape index (κ2) is 5.13. The number of carboxylic acid groups (broad SMARTS) is 1. The molecule has 0 radical (unpaired) electrons. The highest BCUT2D eigenvalue weighted by Gasteiger charge is 2.38.